The first-order valence-electron chi connectivity index (χ1n) is 10.6. The van der Waals surface area contributed by atoms with E-state index >= 15 is 0 Å². The summed E-state index contributed by atoms with van der Waals surface area (Å²) in [6.45, 7) is 5.74. The Morgan fingerprint density at radius 1 is 1.07 bits per heavy atom. The smallest absolute Gasteiger partial charge is 0.260 e. The predicted molar refractivity (Wildman–Crippen MR) is 118 cm³/mol. The minimum absolute atomic E-state index is 0.0215. The van der Waals surface area contributed by atoms with Crippen LogP contribution < -0.4 is 9.47 Å². The third kappa shape index (κ3) is 4.73. The number of hydrogen-bond acceptors (Lipinski definition) is 4. The van der Waals surface area contributed by atoms with E-state index in [2.05, 4.69) is 31.0 Å². The molecule has 0 atom stereocenters. The molecule has 0 unspecified atom stereocenters. The number of carbonyl (C=O) groups is 1. The van der Waals surface area contributed by atoms with E-state index in [0.717, 1.165) is 35.2 Å². The Kier molecular flexibility index (Phi) is 6.17. The molecular weight excluding hydrogens is 376 g/mol. The van der Waals surface area contributed by atoms with E-state index < -0.39 is 0 Å². The molecule has 0 saturated carbocycles. The van der Waals surface area contributed by atoms with Crippen molar-refractivity contribution in [1.29, 1.82) is 0 Å². The summed E-state index contributed by atoms with van der Waals surface area (Å²) in [6.07, 6.45) is 3.48. The lowest BCUT2D eigenvalue weighted by atomic mass is 10.0. The van der Waals surface area contributed by atoms with Gasteiger partial charge in [0.15, 0.2) is 6.61 Å². The molecule has 5 heteroatoms. The van der Waals surface area contributed by atoms with E-state index in [1.165, 1.54) is 5.56 Å². The van der Waals surface area contributed by atoms with Crippen molar-refractivity contribution >= 4 is 16.8 Å². The normalized spacial score (nSPS) is 14.8. The van der Waals surface area contributed by atoms with Crippen LogP contribution in [0.3, 0.4) is 0 Å². The van der Waals surface area contributed by atoms with Crippen molar-refractivity contribution < 1.29 is 14.3 Å². The Balaban J connectivity index is 1.27. The summed E-state index contributed by atoms with van der Waals surface area (Å²) in [5.41, 5.74) is 2.15. The number of para-hydroxylation sites is 1. The van der Waals surface area contributed by atoms with Crippen LogP contribution >= 0.6 is 0 Å². The average molecular weight is 405 g/mol. The molecule has 0 spiro atoms. The van der Waals surface area contributed by atoms with Gasteiger partial charge in [-0.05, 0) is 35.7 Å². The van der Waals surface area contributed by atoms with Gasteiger partial charge in [-0.15, -0.1) is 0 Å². The molecule has 0 bridgehead atoms. The summed E-state index contributed by atoms with van der Waals surface area (Å²) in [7, 11) is 0. The van der Waals surface area contributed by atoms with E-state index in [4.69, 9.17) is 9.47 Å². The van der Waals surface area contributed by atoms with Gasteiger partial charge in [-0.1, -0.05) is 44.2 Å². The topological polar surface area (TPSA) is 51.7 Å². The second-order valence-electron chi connectivity index (χ2n) is 8.04. The van der Waals surface area contributed by atoms with Crippen molar-refractivity contribution in [1.82, 2.24) is 9.88 Å². The van der Waals surface area contributed by atoms with Crippen LogP contribution in [0.2, 0.25) is 0 Å². The van der Waals surface area contributed by atoms with E-state index in [9.17, 15) is 4.79 Å². The largest absolute Gasteiger partial charge is 0.488 e. The van der Waals surface area contributed by atoms with Crippen LogP contribution in [0.25, 0.3) is 10.9 Å². The first-order valence-corrected chi connectivity index (χ1v) is 10.6. The zero-order valence-electron chi connectivity index (χ0n) is 17.6. The molecule has 1 aliphatic rings. The highest BCUT2D eigenvalue weighted by atomic mass is 16.5. The van der Waals surface area contributed by atoms with Gasteiger partial charge in [-0.25, -0.2) is 0 Å². The minimum atomic E-state index is 0.0215. The molecule has 30 heavy (non-hydrogen) atoms. The summed E-state index contributed by atoms with van der Waals surface area (Å²) < 4.78 is 11.9. The van der Waals surface area contributed by atoms with E-state index in [-0.39, 0.29) is 18.6 Å². The third-order valence-electron chi connectivity index (χ3n) is 5.59. The summed E-state index contributed by atoms with van der Waals surface area (Å²) in [6, 6.07) is 17.9. The molecule has 156 valence electrons. The van der Waals surface area contributed by atoms with Gasteiger partial charge in [0.1, 0.15) is 23.1 Å². The first-order chi connectivity index (χ1) is 14.6. The number of benzene rings is 2. The maximum Gasteiger partial charge on any atom is 0.260 e. The van der Waals surface area contributed by atoms with E-state index in [1.807, 2.05) is 47.4 Å². The van der Waals surface area contributed by atoms with Crippen LogP contribution in [0, 0.1) is 0 Å². The number of pyridine rings is 1. The highest BCUT2D eigenvalue weighted by molar-refractivity contribution is 5.84. The number of rotatable bonds is 6. The highest BCUT2D eigenvalue weighted by Crippen LogP contribution is 2.26. The van der Waals surface area contributed by atoms with Gasteiger partial charge in [0.05, 0.1) is 0 Å². The molecular formula is C25H28N2O3. The molecule has 5 nitrogen and oxygen atoms in total. The second kappa shape index (κ2) is 9.16. The Morgan fingerprint density at radius 2 is 1.80 bits per heavy atom. The first kappa shape index (κ1) is 20.2. The number of hydrogen-bond donors (Lipinski definition) is 0. The zero-order valence-corrected chi connectivity index (χ0v) is 17.6. The molecule has 0 aliphatic carbocycles. The van der Waals surface area contributed by atoms with Gasteiger partial charge < -0.3 is 14.4 Å². The fraction of sp³-hybridized carbons (Fsp3) is 0.360. The monoisotopic (exact) mass is 404 g/mol. The lowest BCUT2D eigenvalue weighted by Gasteiger charge is -2.32. The van der Waals surface area contributed by atoms with Crippen molar-refractivity contribution in [3.8, 4) is 11.5 Å². The molecule has 2 heterocycles. The summed E-state index contributed by atoms with van der Waals surface area (Å²) in [5, 5.41) is 1.07. The van der Waals surface area contributed by atoms with Crippen LogP contribution in [0.1, 0.15) is 38.2 Å². The Hall–Kier alpha value is -3.08. The molecule has 1 aromatic heterocycles. The fourth-order valence-electron chi connectivity index (χ4n) is 3.76. The number of likely N-dealkylation sites (tertiary alicyclic amines) is 1. The second-order valence-corrected chi connectivity index (χ2v) is 8.04. The number of carbonyl (C=O) groups excluding carboxylic acids is 1. The third-order valence-corrected chi connectivity index (χ3v) is 5.59. The molecule has 3 aromatic rings. The number of nitrogens with zero attached hydrogens (tertiary/aromatic N) is 2. The van der Waals surface area contributed by atoms with Crippen LogP contribution in [-0.2, 0) is 4.79 Å². The van der Waals surface area contributed by atoms with Crippen molar-refractivity contribution in [3.63, 3.8) is 0 Å². The quantitative estimate of drug-likeness (QED) is 0.592. The lowest BCUT2D eigenvalue weighted by molar-refractivity contribution is -0.135. The molecule has 0 N–H and O–H groups in total. The zero-order chi connectivity index (χ0) is 20.9. The predicted octanol–water partition coefficient (Wildman–Crippen LogP) is 4.81. The maximum absolute atomic E-state index is 12.5. The molecule has 1 saturated heterocycles. The van der Waals surface area contributed by atoms with Crippen LogP contribution in [0.15, 0.2) is 60.8 Å². The Bertz CT molecular complexity index is 987. The van der Waals surface area contributed by atoms with Crippen molar-refractivity contribution in [3.05, 3.63) is 66.4 Å². The fourth-order valence-corrected chi connectivity index (χ4v) is 3.76. The van der Waals surface area contributed by atoms with Crippen LogP contribution in [0.4, 0.5) is 0 Å². The van der Waals surface area contributed by atoms with E-state index in [1.54, 1.807) is 6.20 Å². The van der Waals surface area contributed by atoms with Gasteiger partial charge >= 0.3 is 0 Å². The standard InChI is InChI=1S/C25H28N2O3/c1-18(2)19-8-10-21(11-9-19)29-17-24(28)27-15-12-22(13-16-27)30-23-7-3-5-20-6-4-14-26-25(20)23/h3-11,14,18,22H,12-13,15-17H2,1-2H3. The number of aromatic nitrogens is 1. The number of piperidine rings is 1. The SMILES string of the molecule is CC(C)c1ccc(OCC(=O)N2CCC(Oc3cccc4cccnc34)CC2)cc1. The van der Waals surface area contributed by atoms with E-state index in [0.29, 0.717) is 19.0 Å². The molecule has 1 aliphatic heterocycles. The molecule has 1 fully saturated rings. The Labute approximate surface area is 177 Å². The number of amides is 1. The molecule has 4 rings (SSSR count). The highest BCUT2D eigenvalue weighted by Gasteiger charge is 2.24. The van der Waals surface area contributed by atoms with Crippen molar-refractivity contribution in [2.45, 2.75) is 38.7 Å². The number of ether oxygens (including phenoxy) is 2. The molecule has 1 amide bonds. The van der Waals surface area contributed by atoms with Crippen molar-refractivity contribution in [2.24, 2.45) is 0 Å². The van der Waals surface area contributed by atoms with Gasteiger partial charge in [-0.3, -0.25) is 9.78 Å². The summed E-state index contributed by atoms with van der Waals surface area (Å²) in [4.78, 5) is 18.9. The van der Waals surface area contributed by atoms with Gasteiger partial charge in [-0.2, -0.15) is 0 Å². The molecule has 0 radical (unpaired) electrons. The van der Waals surface area contributed by atoms with Crippen LogP contribution in [0.5, 0.6) is 11.5 Å². The van der Waals surface area contributed by atoms with Gasteiger partial charge in [0.25, 0.3) is 5.91 Å². The lowest BCUT2D eigenvalue weighted by Crippen LogP contribution is -2.43. The summed E-state index contributed by atoms with van der Waals surface area (Å²) >= 11 is 0. The van der Waals surface area contributed by atoms with Gasteiger partial charge in [0, 0.05) is 37.5 Å². The minimum Gasteiger partial charge on any atom is -0.488 e. The van der Waals surface area contributed by atoms with Crippen molar-refractivity contribution in [2.75, 3.05) is 19.7 Å². The van der Waals surface area contributed by atoms with Crippen LogP contribution in [-0.4, -0.2) is 41.6 Å². The average Bonchev–Trinajstić information content (AvgIpc) is 2.78. The number of fused-ring (bicyclic) bond motifs is 1. The molecule has 2 aromatic carbocycles. The Morgan fingerprint density at radius 3 is 2.53 bits per heavy atom. The van der Waals surface area contributed by atoms with Gasteiger partial charge in [0.2, 0.25) is 0 Å². The maximum atomic E-state index is 12.5. The summed E-state index contributed by atoms with van der Waals surface area (Å²) in [5.74, 6) is 2.04.